The van der Waals surface area contributed by atoms with E-state index in [2.05, 4.69) is 14.4 Å². The number of ether oxygens (including phenoxy) is 3. The smallest absolute Gasteiger partial charge is 0.280 e. The molecule has 0 aliphatic carbocycles. The van der Waals surface area contributed by atoms with Gasteiger partial charge in [0.05, 0.1) is 50.3 Å². The maximum Gasteiger partial charge on any atom is 0.280 e. The summed E-state index contributed by atoms with van der Waals surface area (Å²) >= 11 is 0. The fourth-order valence-electron chi connectivity index (χ4n) is 6.38. The van der Waals surface area contributed by atoms with E-state index in [1.54, 1.807) is 7.11 Å². The SMILES string of the molecule is COc1ccc2c(c1)c1c3c(nc(-c4ccccc4)c1n2CCN1CCOCC1)C(=O)N(CCN1CCOCC1)C3=O. The van der Waals surface area contributed by atoms with Crippen LogP contribution in [0.15, 0.2) is 48.5 Å². The van der Waals surface area contributed by atoms with Crippen molar-refractivity contribution in [1.29, 1.82) is 0 Å². The monoisotopic (exact) mass is 569 g/mol. The predicted molar refractivity (Wildman–Crippen MR) is 159 cm³/mol. The molecule has 10 nitrogen and oxygen atoms in total. The summed E-state index contributed by atoms with van der Waals surface area (Å²) in [4.78, 5) is 39.0. The zero-order chi connectivity index (χ0) is 28.6. The van der Waals surface area contributed by atoms with Gasteiger partial charge in [-0.05, 0) is 18.2 Å². The molecule has 42 heavy (non-hydrogen) atoms. The lowest BCUT2D eigenvalue weighted by Gasteiger charge is -2.27. The molecule has 2 aromatic carbocycles. The van der Waals surface area contributed by atoms with E-state index in [-0.39, 0.29) is 17.5 Å². The van der Waals surface area contributed by atoms with Crippen LogP contribution in [0.4, 0.5) is 0 Å². The molecule has 0 unspecified atom stereocenters. The van der Waals surface area contributed by atoms with Crippen molar-refractivity contribution in [2.45, 2.75) is 6.54 Å². The van der Waals surface area contributed by atoms with E-state index in [0.717, 1.165) is 73.3 Å². The molecule has 218 valence electrons. The average Bonchev–Trinajstić information content (AvgIpc) is 3.49. The first kappa shape index (κ1) is 27.0. The largest absolute Gasteiger partial charge is 0.497 e. The minimum atomic E-state index is -0.334. The van der Waals surface area contributed by atoms with Gasteiger partial charge in [0.25, 0.3) is 11.8 Å². The summed E-state index contributed by atoms with van der Waals surface area (Å²) in [6, 6.07) is 15.9. The summed E-state index contributed by atoms with van der Waals surface area (Å²) in [5, 5.41) is 1.65. The number of nitrogens with zero attached hydrogens (tertiary/aromatic N) is 5. The third-order valence-corrected chi connectivity index (χ3v) is 8.65. The second-order valence-corrected chi connectivity index (χ2v) is 11.0. The Labute approximate surface area is 244 Å². The summed E-state index contributed by atoms with van der Waals surface area (Å²) in [6.45, 7) is 8.59. The number of aromatic nitrogens is 2. The molecule has 2 saturated heterocycles. The van der Waals surface area contributed by atoms with Crippen LogP contribution in [0.2, 0.25) is 0 Å². The van der Waals surface area contributed by atoms with Crippen LogP contribution in [0.25, 0.3) is 33.1 Å². The topological polar surface area (TPSA) is 89.4 Å². The molecule has 10 heteroatoms. The van der Waals surface area contributed by atoms with Crippen molar-refractivity contribution in [2.75, 3.05) is 79.4 Å². The number of rotatable bonds is 8. The van der Waals surface area contributed by atoms with Crippen LogP contribution in [-0.4, -0.2) is 115 Å². The highest BCUT2D eigenvalue weighted by Gasteiger charge is 2.41. The number of fused-ring (bicyclic) bond motifs is 5. The van der Waals surface area contributed by atoms with Crippen molar-refractivity contribution < 1.29 is 23.8 Å². The molecular weight excluding hydrogens is 534 g/mol. The normalized spacial score (nSPS) is 18.4. The maximum absolute atomic E-state index is 14.1. The highest BCUT2D eigenvalue weighted by atomic mass is 16.5. The van der Waals surface area contributed by atoms with E-state index >= 15 is 0 Å². The Morgan fingerprint density at radius 3 is 2.12 bits per heavy atom. The molecule has 0 radical (unpaired) electrons. The van der Waals surface area contributed by atoms with Crippen molar-refractivity contribution in [3.8, 4) is 17.0 Å². The molecule has 2 amide bonds. The molecule has 3 aliphatic heterocycles. The highest BCUT2D eigenvalue weighted by molar-refractivity contribution is 6.30. The Morgan fingerprint density at radius 1 is 0.786 bits per heavy atom. The molecule has 0 spiro atoms. The molecule has 0 N–H and O–H groups in total. The van der Waals surface area contributed by atoms with Gasteiger partial charge in [-0.2, -0.15) is 0 Å². The fraction of sp³-hybridized carbons (Fsp3) is 0.406. The molecule has 2 aromatic heterocycles. The first-order chi connectivity index (χ1) is 20.6. The van der Waals surface area contributed by atoms with Crippen molar-refractivity contribution in [3.63, 3.8) is 0 Å². The first-order valence-electron chi connectivity index (χ1n) is 14.7. The lowest BCUT2D eigenvalue weighted by Crippen LogP contribution is -2.43. The van der Waals surface area contributed by atoms with Gasteiger partial charge in [0.1, 0.15) is 11.4 Å². The summed E-state index contributed by atoms with van der Waals surface area (Å²) in [5.74, 6) is 0.0809. The second-order valence-electron chi connectivity index (χ2n) is 11.0. The van der Waals surface area contributed by atoms with E-state index in [1.165, 1.54) is 4.90 Å². The molecular formula is C32H35N5O5. The molecule has 5 heterocycles. The molecule has 0 atom stereocenters. The van der Waals surface area contributed by atoms with E-state index in [4.69, 9.17) is 19.2 Å². The lowest BCUT2D eigenvalue weighted by atomic mass is 10.0. The van der Waals surface area contributed by atoms with E-state index in [0.29, 0.717) is 49.9 Å². The second kappa shape index (κ2) is 11.4. The van der Waals surface area contributed by atoms with Gasteiger partial charge in [-0.3, -0.25) is 24.3 Å². The van der Waals surface area contributed by atoms with Gasteiger partial charge in [-0.15, -0.1) is 0 Å². The van der Waals surface area contributed by atoms with E-state index in [9.17, 15) is 9.59 Å². The van der Waals surface area contributed by atoms with Crippen LogP contribution in [0, 0.1) is 0 Å². The molecule has 3 aliphatic rings. The van der Waals surface area contributed by atoms with E-state index in [1.807, 2.05) is 48.5 Å². The van der Waals surface area contributed by atoms with Gasteiger partial charge < -0.3 is 18.8 Å². The number of benzene rings is 2. The quantitative estimate of drug-likeness (QED) is 0.299. The number of imide groups is 1. The van der Waals surface area contributed by atoms with E-state index < -0.39 is 0 Å². The Kier molecular flexibility index (Phi) is 7.37. The minimum Gasteiger partial charge on any atom is -0.497 e. The van der Waals surface area contributed by atoms with Gasteiger partial charge >= 0.3 is 0 Å². The zero-order valence-corrected chi connectivity index (χ0v) is 23.9. The number of hydrogen-bond acceptors (Lipinski definition) is 8. The first-order valence-corrected chi connectivity index (χ1v) is 14.7. The summed E-state index contributed by atoms with van der Waals surface area (Å²) in [5.41, 5.74) is 4.08. The van der Waals surface area contributed by atoms with Crippen LogP contribution in [-0.2, 0) is 16.0 Å². The van der Waals surface area contributed by atoms with Gasteiger partial charge in [0, 0.05) is 74.2 Å². The molecule has 4 aromatic rings. The number of carbonyl (C=O) groups excluding carboxylic acids is 2. The van der Waals surface area contributed by atoms with Gasteiger partial charge in [0.2, 0.25) is 0 Å². The third-order valence-electron chi connectivity index (χ3n) is 8.65. The maximum atomic E-state index is 14.1. The Hall–Kier alpha value is -3.83. The van der Waals surface area contributed by atoms with Crippen LogP contribution in [0.1, 0.15) is 20.8 Å². The third kappa shape index (κ3) is 4.74. The number of methoxy groups -OCH3 is 1. The summed E-state index contributed by atoms with van der Waals surface area (Å²) < 4.78 is 18.9. The van der Waals surface area contributed by atoms with Crippen LogP contribution in [0.5, 0.6) is 5.75 Å². The van der Waals surface area contributed by atoms with Crippen molar-refractivity contribution in [2.24, 2.45) is 0 Å². The van der Waals surface area contributed by atoms with Crippen molar-refractivity contribution in [3.05, 3.63) is 59.8 Å². The lowest BCUT2D eigenvalue weighted by molar-refractivity contribution is 0.0324. The number of carbonyl (C=O) groups is 2. The van der Waals surface area contributed by atoms with Crippen molar-refractivity contribution in [1.82, 2.24) is 24.3 Å². The Balaban J connectivity index is 1.40. The molecule has 7 rings (SSSR count). The highest BCUT2D eigenvalue weighted by Crippen LogP contribution is 2.42. The van der Waals surface area contributed by atoms with Crippen LogP contribution >= 0.6 is 0 Å². The Morgan fingerprint density at radius 2 is 1.45 bits per heavy atom. The van der Waals surface area contributed by atoms with Gasteiger partial charge in [0.15, 0.2) is 0 Å². The molecule has 0 saturated carbocycles. The minimum absolute atomic E-state index is 0.225. The molecule has 0 bridgehead atoms. The van der Waals surface area contributed by atoms with Crippen molar-refractivity contribution >= 4 is 33.6 Å². The number of hydrogen-bond donors (Lipinski definition) is 0. The summed E-state index contributed by atoms with van der Waals surface area (Å²) in [7, 11) is 1.64. The van der Waals surface area contributed by atoms with Gasteiger partial charge in [-0.25, -0.2) is 4.98 Å². The number of morpholine rings is 2. The standard InChI is InChI=1S/C32H35N5O5/c1-40-23-7-8-25-24(21-23)26-27-29(32(39)37(31(27)38)12-10-35-15-19-42-20-16-35)33-28(22-5-3-2-4-6-22)30(26)36(25)11-9-34-13-17-41-18-14-34/h2-8,21H,9-20H2,1H3. The zero-order valence-electron chi connectivity index (χ0n) is 23.9. The summed E-state index contributed by atoms with van der Waals surface area (Å²) in [6.07, 6.45) is 0. The average molecular weight is 570 g/mol. The van der Waals surface area contributed by atoms with Crippen LogP contribution in [0.3, 0.4) is 0 Å². The fourth-order valence-corrected chi connectivity index (χ4v) is 6.38. The molecule has 2 fully saturated rings. The Bertz CT molecular complexity index is 1640. The number of amides is 2. The van der Waals surface area contributed by atoms with Gasteiger partial charge in [-0.1, -0.05) is 30.3 Å². The predicted octanol–water partition coefficient (Wildman–Crippen LogP) is 3.13. The van der Waals surface area contributed by atoms with Crippen LogP contribution < -0.4 is 4.74 Å². The number of pyridine rings is 1.